The molecule has 4 nitrogen and oxygen atoms in total. The van der Waals surface area contributed by atoms with E-state index in [9.17, 15) is 9.90 Å². The van der Waals surface area contributed by atoms with Gasteiger partial charge in [-0.25, -0.2) is 4.79 Å². The molecule has 0 heterocycles. The Kier molecular flexibility index (Phi) is 5.01. The van der Waals surface area contributed by atoms with Crippen LogP contribution in [0.3, 0.4) is 0 Å². The first-order valence-corrected chi connectivity index (χ1v) is 7.69. The Morgan fingerprint density at radius 1 is 1.38 bits per heavy atom. The van der Waals surface area contributed by atoms with Crippen molar-refractivity contribution in [3.63, 3.8) is 0 Å². The summed E-state index contributed by atoms with van der Waals surface area (Å²) in [5.74, 6) is -0.0682. The second-order valence-electron chi connectivity index (χ2n) is 6.52. The summed E-state index contributed by atoms with van der Waals surface area (Å²) in [6, 6.07) is 9.60. The standard InChI is InChI=1S/C17H26N2O2/c1-13(2)18-17(16(20)21,15-7-5-4-6-8-15)12-19(3)11-14-9-10-14/h4-8,13-14,18H,9-12H2,1-3H3,(H,20,21). The van der Waals surface area contributed by atoms with E-state index in [4.69, 9.17) is 0 Å². The van der Waals surface area contributed by atoms with Crippen molar-refractivity contribution in [1.82, 2.24) is 10.2 Å². The van der Waals surface area contributed by atoms with Crippen LogP contribution in [0.4, 0.5) is 0 Å². The Morgan fingerprint density at radius 3 is 2.48 bits per heavy atom. The molecular formula is C17H26N2O2. The molecule has 1 aromatic rings. The Labute approximate surface area is 127 Å². The summed E-state index contributed by atoms with van der Waals surface area (Å²) in [6.45, 7) is 5.42. The number of rotatable bonds is 8. The molecule has 1 atom stereocenters. The lowest BCUT2D eigenvalue weighted by molar-refractivity contribution is -0.146. The first kappa shape index (κ1) is 16.0. The molecule has 0 spiro atoms. The fraction of sp³-hybridized carbons (Fsp3) is 0.588. The average Bonchev–Trinajstić information content (AvgIpc) is 3.21. The molecule has 1 fully saturated rings. The first-order valence-electron chi connectivity index (χ1n) is 7.69. The molecule has 0 aliphatic heterocycles. The number of hydrogen-bond acceptors (Lipinski definition) is 3. The van der Waals surface area contributed by atoms with Crippen LogP contribution < -0.4 is 5.32 Å². The van der Waals surface area contributed by atoms with Gasteiger partial charge in [-0.05, 0) is 45.2 Å². The lowest BCUT2D eigenvalue weighted by Gasteiger charge is -2.36. The molecular weight excluding hydrogens is 264 g/mol. The predicted octanol–water partition coefficient (Wildman–Crippen LogP) is 2.31. The number of carboxylic acids is 1. The van der Waals surface area contributed by atoms with Gasteiger partial charge in [-0.1, -0.05) is 30.3 Å². The van der Waals surface area contributed by atoms with Gasteiger partial charge in [0.15, 0.2) is 5.54 Å². The van der Waals surface area contributed by atoms with Crippen LogP contribution in [0.1, 0.15) is 32.3 Å². The zero-order valence-electron chi connectivity index (χ0n) is 13.2. The third-order valence-electron chi connectivity index (χ3n) is 3.94. The Balaban J connectivity index is 2.27. The van der Waals surface area contributed by atoms with E-state index in [-0.39, 0.29) is 6.04 Å². The van der Waals surface area contributed by atoms with Gasteiger partial charge in [0.2, 0.25) is 0 Å². The van der Waals surface area contributed by atoms with Gasteiger partial charge in [-0.15, -0.1) is 0 Å². The summed E-state index contributed by atoms with van der Waals surface area (Å²) >= 11 is 0. The van der Waals surface area contributed by atoms with Crippen molar-refractivity contribution in [2.45, 2.75) is 38.3 Å². The lowest BCUT2D eigenvalue weighted by Crippen LogP contribution is -2.58. The van der Waals surface area contributed by atoms with Crippen LogP contribution in [0, 0.1) is 5.92 Å². The molecule has 21 heavy (non-hydrogen) atoms. The Morgan fingerprint density at radius 2 is 2.00 bits per heavy atom. The minimum absolute atomic E-state index is 0.0932. The van der Waals surface area contributed by atoms with E-state index in [0.717, 1.165) is 18.0 Å². The van der Waals surface area contributed by atoms with Crippen molar-refractivity contribution < 1.29 is 9.90 Å². The minimum Gasteiger partial charge on any atom is -0.480 e. The van der Waals surface area contributed by atoms with Crippen molar-refractivity contribution in [2.75, 3.05) is 20.1 Å². The van der Waals surface area contributed by atoms with Crippen molar-refractivity contribution in [2.24, 2.45) is 5.92 Å². The van der Waals surface area contributed by atoms with Crippen molar-refractivity contribution in [3.8, 4) is 0 Å². The van der Waals surface area contributed by atoms with E-state index in [1.807, 2.05) is 51.2 Å². The molecule has 0 radical (unpaired) electrons. The largest absolute Gasteiger partial charge is 0.480 e. The van der Waals surface area contributed by atoms with Crippen molar-refractivity contribution in [3.05, 3.63) is 35.9 Å². The van der Waals surface area contributed by atoms with Gasteiger partial charge in [0.05, 0.1) is 0 Å². The second kappa shape index (κ2) is 6.58. The Bertz CT molecular complexity index is 471. The van der Waals surface area contributed by atoms with Crippen molar-refractivity contribution >= 4 is 5.97 Å². The highest BCUT2D eigenvalue weighted by Gasteiger charge is 2.42. The number of nitrogens with zero attached hydrogens (tertiary/aromatic N) is 1. The molecule has 0 aromatic heterocycles. The second-order valence-corrected chi connectivity index (χ2v) is 6.52. The van der Waals surface area contributed by atoms with Crippen LogP contribution in [-0.4, -0.2) is 42.2 Å². The topological polar surface area (TPSA) is 52.6 Å². The molecule has 2 rings (SSSR count). The van der Waals surface area contributed by atoms with Gasteiger partial charge in [-0.2, -0.15) is 0 Å². The fourth-order valence-electron chi connectivity index (χ4n) is 2.90. The van der Waals surface area contributed by atoms with Crippen LogP contribution in [0.25, 0.3) is 0 Å². The number of likely N-dealkylation sites (N-methyl/N-ethyl adjacent to an activating group) is 1. The quantitative estimate of drug-likeness (QED) is 0.771. The zero-order chi connectivity index (χ0) is 15.5. The van der Waals surface area contributed by atoms with Gasteiger partial charge in [0.25, 0.3) is 0 Å². The monoisotopic (exact) mass is 290 g/mol. The van der Waals surface area contributed by atoms with Crippen molar-refractivity contribution in [1.29, 1.82) is 0 Å². The summed E-state index contributed by atoms with van der Waals surface area (Å²) in [5.41, 5.74) is -0.243. The van der Waals surface area contributed by atoms with Gasteiger partial charge < -0.3 is 10.0 Å². The SMILES string of the molecule is CC(C)NC(CN(C)CC1CC1)(C(=O)O)c1ccccc1. The van der Waals surface area contributed by atoms with E-state index in [2.05, 4.69) is 10.2 Å². The molecule has 1 saturated carbocycles. The summed E-state index contributed by atoms with van der Waals surface area (Å²) in [7, 11) is 2.01. The number of aliphatic carboxylic acids is 1. The molecule has 1 unspecified atom stereocenters. The molecule has 116 valence electrons. The lowest BCUT2D eigenvalue weighted by atomic mass is 9.88. The van der Waals surface area contributed by atoms with Crippen LogP contribution in [0.2, 0.25) is 0 Å². The fourth-order valence-corrected chi connectivity index (χ4v) is 2.90. The smallest absolute Gasteiger partial charge is 0.329 e. The molecule has 0 saturated heterocycles. The molecule has 1 aliphatic carbocycles. The normalized spacial score (nSPS) is 18.0. The number of nitrogens with one attached hydrogen (secondary N) is 1. The highest BCUT2D eigenvalue weighted by molar-refractivity contribution is 5.81. The minimum atomic E-state index is -1.06. The predicted molar refractivity (Wildman–Crippen MR) is 84.2 cm³/mol. The van der Waals surface area contributed by atoms with Crippen LogP contribution >= 0.6 is 0 Å². The third kappa shape index (κ3) is 4.05. The summed E-state index contributed by atoms with van der Waals surface area (Å²) in [5, 5.41) is 13.2. The van der Waals surface area contributed by atoms with E-state index in [1.54, 1.807) is 0 Å². The maximum Gasteiger partial charge on any atom is 0.329 e. The third-order valence-corrected chi connectivity index (χ3v) is 3.94. The molecule has 1 aliphatic rings. The van der Waals surface area contributed by atoms with Gasteiger partial charge in [0.1, 0.15) is 0 Å². The summed E-state index contributed by atoms with van der Waals surface area (Å²) in [6.07, 6.45) is 2.54. The first-order chi connectivity index (χ1) is 9.94. The molecule has 2 N–H and O–H groups in total. The molecule has 0 amide bonds. The van der Waals surface area contributed by atoms with E-state index < -0.39 is 11.5 Å². The van der Waals surface area contributed by atoms with E-state index in [0.29, 0.717) is 6.54 Å². The maximum absolute atomic E-state index is 12.1. The number of benzene rings is 1. The highest BCUT2D eigenvalue weighted by Crippen LogP contribution is 2.31. The van der Waals surface area contributed by atoms with Crippen LogP contribution in [-0.2, 0) is 10.3 Å². The van der Waals surface area contributed by atoms with Gasteiger partial charge in [-0.3, -0.25) is 5.32 Å². The number of hydrogen-bond donors (Lipinski definition) is 2. The maximum atomic E-state index is 12.1. The molecule has 0 bridgehead atoms. The summed E-state index contributed by atoms with van der Waals surface area (Å²) in [4.78, 5) is 14.3. The molecule has 4 heteroatoms. The van der Waals surface area contributed by atoms with Crippen LogP contribution in [0.5, 0.6) is 0 Å². The van der Waals surface area contributed by atoms with E-state index >= 15 is 0 Å². The van der Waals surface area contributed by atoms with E-state index in [1.165, 1.54) is 12.8 Å². The summed E-state index contributed by atoms with van der Waals surface area (Å²) < 4.78 is 0. The Hall–Kier alpha value is -1.39. The zero-order valence-corrected chi connectivity index (χ0v) is 13.2. The van der Waals surface area contributed by atoms with Gasteiger partial charge in [0, 0.05) is 19.1 Å². The average molecular weight is 290 g/mol. The number of carboxylic acid groups (broad SMARTS) is 1. The molecule has 1 aromatic carbocycles. The van der Waals surface area contributed by atoms with Crippen LogP contribution in [0.15, 0.2) is 30.3 Å². The van der Waals surface area contributed by atoms with Gasteiger partial charge >= 0.3 is 5.97 Å². The number of carbonyl (C=O) groups is 1. The highest BCUT2D eigenvalue weighted by atomic mass is 16.4.